The topological polar surface area (TPSA) is 52.6 Å². The molecule has 7 heteroatoms. The fourth-order valence-corrected chi connectivity index (χ4v) is 2.42. The minimum absolute atomic E-state index is 0.00962. The lowest BCUT2D eigenvalue weighted by molar-refractivity contribution is 0.0948. The summed E-state index contributed by atoms with van der Waals surface area (Å²) in [6.45, 7) is 0.190. The molecule has 1 amide bonds. The zero-order valence-electron chi connectivity index (χ0n) is 9.29. The molecule has 0 heterocycles. The Hall–Kier alpha value is -0.490. The molecule has 0 aliphatic heterocycles. The monoisotopic (exact) mass is 352 g/mol. The number of hydrogen-bond donors (Lipinski definition) is 2. The smallest absolute Gasteiger partial charge is 0.253 e. The summed E-state index contributed by atoms with van der Waals surface area (Å²) in [5.74, 6) is -0.221. The predicted octanol–water partition coefficient (Wildman–Crippen LogP) is 3.16. The number of benzene rings is 1. The fraction of sp³-hybridized carbons (Fsp3) is 0.364. The van der Waals surface area contributed by atoms with Crippen LogP contribution in [0.4, 0.5) is 0 Å². The minimum atomic E-state index is -0.231. The second-order valence-corrected chi connectivity index (χ2v) is 5.92. The van der Waals surface area contributed by atoms with Gasteiger partial charge in [0.25, 0.3) is 5.91 Å². The third kappa shape index (κ3) is 3.29. The Bertz CT molecular complexity index is 478. The zero-order chi connectivity index (χ0) is 13.3. The SMILES string of the molecule is O=C(NC1CC1)c1c(CN(Cl)Cl)ccc(O)c1Br. The molecule has 0 saturated heterocycles. The van der Waals surface area contributed by atoms with Crippen molar-refractivity contribution in [2.45, 2.75) is 25.4 Å². The summed E-state index contributed by atoms with van der Waals surface area (Å²) < 4.78 is 1.29. The molecule has 0 radical (unpaired) electrons. The van der Waals surface area contributed by atoms with Gasteiger partial charge < -0.3 is 10.4 Å². The van der Waals surface area contributed by atoms with E-state index in [1.54, 1.807) is 6.07 Å². The van der Waals surface area contributed by atoms with Crippen LogP contribution in [0.3, 0.4) is 0 Å². The summed E-state index contributed by atoms with van der Waals surface area (Å²) in [7, 11) is 0. The largest absolute Gasteiger partial charge is 0.507 e. The van der Waals surface area contributed by atoms with E-state index in [2.05, 4.69) is 21.2 Å². The molecule has 0 spiro atoms. The Kier molecular flexibility index (Phi) is 4.37. The normalized spacial score (nSPS) is 14.9. The maximum Gasteiger partial charge on any atom is 0.253 e. The molecule has 98 valence electrons. The lowest BCUT2D eigenvalue weighted by Crippen LogP contribution is -2.27. The number of nitrogens with zero attached hydrogens (tertiary/aromatic N) is 1. The molecule has 1 aliphatic carbocycles. The van der Waals surface area contributed by atoms with Gasteiger partial charge in [0.15, 0.2) is 0 Å². The van der Waals surface area contributed by atoms with Crippen molar-refractivity contribution >= 4 is 45.4 Å². The van der Waals surface area contributed by atoms with Crippen molar-refractivity contribution < 1.29 is 9.90 Å². The van der Waals surface area contributed by atoms with Crippen molar-refractivity contribution in [3.05, 3.63) is 27.7 Å². The molecule has 0 aromatic heterocycles. The minimum Gasteiger partial charge on any atom is -0.507 e. The Balaban J connectivity index is 2.33. The predicted molar refractivity (Wildman–Crippen MR) is 73.5 cm³/mol. The Morgan fingerprint density at radius 3 is 2.72 bits per heavy atom. The molecule has 4 nitrogen and oxygen atoms in total. The highest BCUT2D eigenvalue weighted by Crippen LogP contribution is 2.32. The molecule has 0 bridgehead atoms. The van der Waals surface area contributed by atoms with Crippen LogP contribution in [0, 0.1) is 0 Å². The van der Waals surface area contributed by atoms with Crippen LogP contribution >= 0.6 is 39.5 Å². The van der Waals surface area contributed by atoms with E-state index < -0.39 is 0 Å². The van der Waals surface area contributed by atoms with Crippen LogP contribution < -0.4 is 5.32 Å². The van der Waals surface area contributed by atoms with Gasteiger partial charge in [-0.3, -0.25) is 4.79 Å². The van der Waals surface area contributed by atoms with Crippen molar-refractivity contribution in [2.24, 2.45) is 0 Å². The molecule has 2 rings (SSSR count). The Labute approximate surface area is 123 Å². The second-order valence-electron chi connectivity index (χ2n) is 4.14. The van der Waals surface area contributed by atoms with E-state index in [1.165, 1.54) is 6.07 Å². The number of carbonyl (C=O) groups excluding carboxylic acids is 1. The molecule has 1 aromatic rings. The summed E-state index contributed by atoms with van der Waals surface area (Å²) in [5, 5.41) is 12.5. The molecule has 1 aromatic carbocycles. The van der Waals surface area contributed by atoms with E-state index in [0.717, 1.165) is 16.8 Å². The first kappa shape index (κ1) is 13.9. The van der Waals surface area contributed by atoms with Gasteiger partial charge in [0.1, 0.15) is 5.75 Å². The molecular formula is C11H11BrCl2N2O2. The molecule has 18 heavy (non-hydrogen) atoms. The molecule has 1 fully saturated rings. The number of carbonyl (C=O) groups is 1. The lowest BCUT2D eigenvalue weighted by atomic mass is 10.1. The molecule has 1 saturated carbocycles. The third-order valence-corrected chi connectivity index (χ3v) is 3.68. The van der Waals surface area contributed by atoms with Gasteiger partial charge in [0.05, 0.1) is 16.6 Å². The number of amides is 1. The summed E-state index contributed by atoms with van der Waals surface area (Å²) >= 11 is 14.4. The van der Waals surface area contributed by atoms with E-state index in [9.17, 15) is 9.90 Å². The average molecular weight is 354 g/mol. The number of aromatic hydroxyl groups is 1. The van der Waals surface area contributed by atoms with Crippen LogP contribution in [0.1, 0.15) is 28.8 Å². The second kappa shape index (κ2) is 5.65. The number of hydrogen-bond acceptors (Lipinski definition) is 3. The Morgan fingerprint density at radius 2 is 2.17 bits per heavy atom. The highest BCUT2D eigenvalue weighted by molar-refractivity contribution is 9.10. The quantitative estimate of drug-likeness (QED) is 0.817. The molecule has 0 atom stereocenters. The first-order valence-electron chi connectivity index (χ1n) is 5.39. The number of nitrogens with one attached hydrogen (secondary N) is 1. The molecule has 2 N–H and O–H groups in total. The number of halogens is 3. The van der Waals surface area contributed by atoms with Gasteiger partial charge in [-0.05, 0) is 64.0 Å². The van der Waals surface area contributed by atoms with Crippen LogP contribution in [0.5, 0.6) is 5.75 Å². The summed E-state index contributed by atoms with van der Waals surface area (Å²) in [4.78, 5) is 12.1. The number of phenols is 1. The average Bonchev–Trinajstić information content (AvgIpc) is 3.06. The molecule has 1 aliphatic rings. The van der Waals surface area contributed by atoms with Gasteiger partial charge in [0.2, 0.25) is 0 Å². The van der Waals surface area contributed by atoms with E-state index in [-0.39, 0.29) is 24.2 Å². The van der Waals surface area contributed by atoms with Crippen LogP contribution in [0.25, 0.3) is 0 Å². The van der Waals surface area contributed by atoms with Crippen LogP contribution in [0.2, 0.25) is 0 Å². The van der Waals surface area contributed by atoms with Gasteiger partial charge in [-0.1, -0.05) is 6.07 Å². The maximum absolute atomic E-state index is 12.1. The summed E-state index contributed by atoms with van der Waals surface area (Å²) in [6, 6.07) is 3.35. The van der Waals surface area contributed by atoms with Crippen LogP contribution in [-0.2, 0) is 6.54 Å². The van der Waals surface area contributed by atoms with Gasteiger partial charge in [-0.2, -0.15) is 0 Å². The van der Waals surface area contributed by atoms with E-state index in [0.29, 0.717) is 15.6 Å². The number of phenolic OH excluding ortho intramolecular Hbond substituents is 1. The maximum atomic E-state index is 12.1. The fourth-order valence-electron chi connectivity index (χ4n) is 1.60. The van der Waals surface area contributed by atoms with Crippen molar-refractivity contribution in [3.8, 4) is 5.75 Å². The summed E-state index contributed by atoms with van der Waals surface area (Å²) in [5.41, 5.74) is 1.01. The zero-order valence-corrected chi connectivity index (χ0v) is 12.4. The number of rotatable bonds is 4. The van der Waals surface area contributed by atoms with Gasteiger partial charge in [0, 0.05) is 6.04 Å². The van der Waals surface area contributed by atoms with E-state index >= 15 is 0 Å². The van der Waals surface area contributed by atoms with Crippen LogP contribution in [-0.4, -0.2) is 21.0 Å². The first-order valence-corrected chi connectivity index (χ1v) is 6.86. The van der Waals surface area contributed by atoms with Gasteiger partial charge >= 0.3 is 0 Å². The van der Waals surface area contributed by atoms with Gasteiger partial charge in [-0.25, -0.2) is 0 Å². The van der Waals surface area contributed by atoms with Crippen molar-refractivity contribution in [3.63, 3.8) is 0 Å². The van der Waals surface area contributed by atoms with Crippen molar-refractivity contribution in [1.29, 1.82) is 0 Å². The van der Waals surface area contributed by atoms with E-state index in [4.69, 9.17) is 23.6 Å². The highest BCUT2D eigenvalue weighted by Gasteiger charge is 2.27. The standard InChI is InChI=1S/C11H11BrCl2N2O2/c12-10-8(17)4-1-6(5-16(13)14)9(10)11(18)15-7-2-3-7/h1,4,7,17H,2-3,5H2,(H,15,18). The highest BCUT2D eigenvalue weighted by atomic mass is 79.9. The van der Waals surface area contributed by atoms with E-state index in [1.807, 2.05) is 0 Å². The van der Waals surface area contributed by atoms with Crippen LogP contribution in [0.15, 0.2) is 16.6 Å². The summed E-state index contributed by atoms with van der Waals surface area (Å²) in [6.07, 6.45) is 1.99. The third-order valence-electron chi connectivity index (χ3n) is 2.64. The lowest BCUT2D eigenvalue weighted by Gasteiger charge is -2.13. The first-order chi connectivity index (χ1) is 8.49. The van der Waals surface area contributed by atoms with Crippen molar-refractivity contribution in [1.82, 2.24) is 9.25 Å². The molecular weight excluding hydrogens is 343 g/mol. The Morgan fingerprint density at radius 1 is 1.50 bits per heavy atom. The van der Waals surface area contributed by atoms with Gasteiger partial charge in [-0.15, -0.1) is 3.94 Å². The molecule has 0 unspecified atom stereocenters. The van der Waals surface area contributed by atoms with Crippen molar-refractivity contribution in [2.75, 3.05) is 0 Å².